The van der Waals surface area contributed by atoms with E-state index in [1.807, 2.05) is 0 Å². The van der Waals surface area contributed by atoms with Crippen LogP contribution in [0, 0.1) is 0 Å². The van der Waals surface area contributed by atoms with Crippen LogP contribution in [0.3, 0.4) is 0 Å². The van der Waals surface area contributed by atoms with Crippen molar-refractivity contribution in [3.05, 3.63) is 38.8 Å². The van der Waals surface area contributed by atoms with Crippen LogP contribution < -0.4 is 10.2 Å². The Labute approximate surface area is 165 Å². The third kappa shape index (κ3) is 5.67. The highest BCUT2D eigenvalue weighted by atomic mass is 79.9. The fourth-order valence-electron chi connectivity index (χ4n) is 2.11. The topological polar surface area (TPSA) is 72.8 Å². The molecule has 0 amide bonds. The summed E-state index contributed by atoms with van der Waals surface area (Å²) in [4.78, 5) is 15.5. The van der Waals surface area contributed by atoms with Crippen molar-refractivity contribution in [3.8, 4) is 5.75 Å². The van der Waals surface area contributed by atoms with Gasteiger partial charge in [0.15, 0.2) is 0 Å². The molecule has 11 heteroatoms. The van der Waals surface area contributed by atoms with Crippen molar-refractivity contribution in [2.45, 2.75) is 19.5 Å². The molecule has 0 aliphatic carbocycles. The van der Waals surface area contributed by atoms with E-state index in [1.165, 1.54) is 13.2 Å². The lowest BCUT2D eigenvalue weighted by Crippen LogP contribution is -2.11. The van der Waals surface area contributed by atoms with Gasteiger partial charge in [-0.3, -0.25) is 10.2 Å². The van der Waals surface area contributed by atoms with Gasteiger partial charge in [0, 0.05) is 10.9 Å². The average molecular weight is 466 g/mol. The highest BCUT2D eigenvalue weighted by Crippen LogP contribution is 2.38. The van der Waals surface area contributed by atoms with Crippen molar-refractivity contribution < 1.29 is 27.4 Å². The zero-order valence-electron chi connectivity index (χ0n) is 14.3. The number of nitrogens with one attached hydrogen (secondary N) is 1. The molecule has 1 aromatic carbocycles. The number of carbonyl (C=O) groups excluding carboxylic acids is 1. The molecule has 0 aliphatic rings. The van der Waals surface area contributed by atoms with Crippen LogP contribution in [0.1, 0.15) is 23.7 Å². The molecule has 0 bridgehead atoms. The minimum Gasteiger partial charge on any atom is -0.495 e. The molecule has 1 heterocycles. The molecule has 146 valence electrons. The van der Waals surface area contributed by atoms with E-state index in [4.69, 9.17) is 9.47 Å². The fraction of sp³-hybridized carbons (Fsp3) is 0.312. The van der Waals surface area contributed by atoms with Gasteiger partial charge in [0.25, 0.3) is 0 Å². The summed E-state index contributed by atoms with van der Waals surface area (Å²) in [5, 5.41) is 5.78. The van der Waals surface area contributed by atoms with Crippen LogP contribution in [0.25, 0.3) is 0 Å². The van der Waals surface area contributed by atoms with E-state index in [1.54, 1.807) is 12.3 Å². The van der Waals surface area contributed by atoms with E-state index in [-0.39, 0.29) is 24.3 Å². The minimum atomic E-state index is -4.57. The number of benzene rings is 1. The SMILES string of the molecule is CCOC(=O)Cc1csc(NN=Cc2c(C(F)(F)F)ccc(Br)c2OC)n1. The summed E-state index contributed by atoms with van der Waals surface area (Å²) in [6.07, 6.45) is -3.55. The molecule has 6 nitrogen and oxygen atoms in total. The molecular formula is C16H15BrF3N3O3S. The van der Waals surface area contributed by atoms with Crippen molar-refractivity contribution >= 4 is 44.6 Å². The molecule has 0 radical (unpaired) electrons. The Balaban J connectivity index is 2.18. The van der Waals surface area contributed by atoms with Crippen LogP contribution in [0.5, 0.6) is 5.75 Å². The maximum atomic E-state index is 13.2. The zero-order valence-corrected chi connectivity index (χ0v) is 16.7. The number of carbonyl (C=O) groups is 1. The predicted molar refractivity (Wildman–Crippen MR) is 99.4 cm³/mol. The summed E-state index contributed by atoms with van der Waals surface area (Å²) in [7, 11) is 1.27. The zero-order chi connectivity index (χ0) is 20.0. The molecule has 0 fully saturated rings. The number of halogens is 4. The molecule has 0 atom stereocenters. The number of anilines is 1. The highest BCUT2D eigenvalue weighted by molar-refractivity contribution is 9.10. The summed E-state index contributed by atoms with van der Waals surface area (Å²) >= 11 is 4.32. The summed E-state index contributed by atoms with van der Waals surface area (Å²) in [5.74, 6) is -0.399. The second-order valence-corrected chi connectivity index (χ2v) is 6.75. The fourth-order valence-corrected chi connectivity index (χ4v) is 3.27. The van der Waals surface area contributed by atoms with Crippen LogP contribution in [0.15, 0.2) is 27.1 Å². The molecule has 0 aliphatic heterocycles. The lowest BCUT2D eigenvalue weighted by Gasteiger charge is -2.14. The van der Waals surface area contributed by atoms with E-state index in [0.717, 1.165) is 23.6 Å². The molecule has 2 rings (SSSR count). The Bertz CT molecular complexity index is 840. The van der Waals surface area contributed by atoms with Gasteiger partial charge in [-0.25, -0.2) is 4.98 Å². The first-order chi connectivity index (χ1) is 12.8. The van der Waals surface area contributed by atoms with Gasteiger partial charge in [0.05, 0.1) is 42.1 Å². The first kappa shape index (κ1) is 21.2. The van der Waals surface area contributed by atoms with Crippen molar-refractivity contribution in [2.75, 3.05) is 19.1 Å². The van der Waals surface area contributed by atoms with Gasteiger partial charge in [-0.15, -0.1) is 11.3 Å². The third-order valence-corrected chi connectivity index (χ3v) is 4.61. The summed E-state index contributed by atoms with van der Waals surface area (Å²) in [6.45, 7) is 1.97. The molecule has 1 N–H and O–H groups in total. The van der Waals surface area contributed by atoms with E-state index < -0.39 is 17.7 Å². The average Bonchev–Trinajstić information content (AvgIpc) is 3.01. The molecule has 2 aromatic rings. The number of hydrogen-bond acceptors (Lipinski definition) is 7. The van der Waals surface area contributed by atoms with Gasteiger partial charge < -0.3 is 9.47 Å². The number of hydrogen-bond donors (Lipinski definition) is 1. The molecule has 0 saturated carbocycles. The summed E-state index contributed by atoms with van der Waals surface area (Å²) in [6, 6.07) is 2.20. The van der Waals surface area contributed by atoms with Crippen LogP contribution in [-0.2, 0) is 22.1 Å². The first-order valence-corrected chi connectivity index (χ1v) is 9.26. The Hall–Kier alpha value is -2.14. The standard InChI is InChI=1S/C16H15BrF3N3O3S/c1-3-26-13(24)6-9-8-27-15(22-9)23-21-7-10-11(16(18,19)20)4-5-12(17)14(10)25-2/h4-5,7-8H,3,6H2,1-2H3,(H,22,23). The minimum absolute atomic E-state index is 0.00735. The number of hydrazone groups is 1. The Morgan fingerprint density at radius 3 is 2.81 bits per heavy atom. The van der Waals surface area contributed by atoms with Crippen molar-refractivity contribution in [3.63, 3.8) is 0 Å². The van der Waals surface area contributed by atoms with Gasteiger partial charge in [-0.05, 0) is 35.0 Å². The van der Waals surface area contributed by atoms with Gasteiger partial charge >= 0.3 is 12.1 Å². The summed E-state index contributed by atoms with van der Waals surface area (Å²) < 4.78 is 49.9. The second-order valence-electron chi connectivity index (χ2n) is 5.04. The van der Waals surface area contributed by atoms with Crippen molar-refractivity contribution in [2.24, 2.45) is 5.10 Å². The maximum Gasteiger partial charge on any atom is 0.417 e. The molecule has 0 saturated heterocycles. The monoisotopic (exact) mass is 465 g/mol. The second kappa shape index (κ2) is 9.18. The summed E-state index contributed by atoms with van der Waals surface area (Å²) in [5.41, 5.74) is 1.93. The molecular weight excluding hydrogens is 451 g/mol. The largest absolute Gasteiger partial charge is 0.495 e. The van der Waals surface area contributed by atoms with Crippen LogP contribution in [0.4, 0.5) is 18.3 Å². The number of aromatic nitrogens is 1. The number of thiazole rings is 1. The van der Waals surface area contributed by atoms with Gasteiger partial charge in [0.2, 0.25) is 5.13 Å². The molecule has 0 unspecified atom stereocenters. The number of nitrogens with zero attached hydrogens (tertiary/aromatic N) is 2. The quantitative estimate of drug-likeness (QED) is 0.370. The smallest absolute Gasteiger partial charge is 0.417 e. The van der Waals surface area contributed by atoms with E-state index in [0.29, 0.717) is 15.3 Å². The molecule has 27 heavy (non-hydrogen) atoms. The number of esters is 1. The Morgan fingerprint density at radius 2 is 2.19 bits per heavy atom. The van der Waals surface area contributed by atoms with Gasteiger partial charge in [-0.2, -0.15) is 18.3 Å². The van der Waals surface area contributed by atoms with E-state index in [9.17, 15) is 18.0 Å². The molecule has 1 aromatic heterocycles. The lowest BCUT2D eigenvalue weighted by atomic mass is 10.1. The number of alkyl halides is 3. The molecule has 0 spiro atoms. The van der Waals surface area contributed by atoms with Gasteiger partial charge in [0.1, 0.15) is 5.75 Å². The number of methoxy groups -OCH3 is 1. The Morgan fingerprint density at radius 1 is 1.44 bits per heavy atom. The Kier molecular flexibility index (Phi) is 7.19. The maximum absolute atomic E-state index is 13.2. The van der Waals surface area contributed by atoms with Crippen LogP contribution >= 0.6 is 27.3 Å². The lowest BCUT2D eigenvalue weighted by molar-refractivity contribution is -0.142. The van der Waals surface area contributed by atoms with Gasteiger partial charge in [-0.1, -0.05) is 0 Å². The van der Waals surface area contributed by atoms with Crippen LogP contribution in [0.2, 0.25) is 0 Å². The van der Waals surface area contributed by atoms with Crippen molar-refractivity contribution in [1.82, 2.24) is 4.98 Å². The first-order valence-electron chi connectivity index (χ1n) is 7.59. The predicted octanol–water partition coefficient (Wildman–Crippen LogP) is 4.48. The third-order valence-electron chi connectivity index (χ3n) is 3.19. The van der Waals surface area contributed by atoms with Crippen LogP contribution in [-0.4, -0.2) is 30.9 Å². The highest BCUT2D eigenvalue weighted by Gasteiger charge is 2.34. The normalized spacial score (nSPS) is 11.6. The number of rotatable bonds is 7. The van der Waals surface area contributed by atoms with E-state index >= 15 is 0 Å². The van der Waals surface area contributed by atoms with E-state index in [2.05, 4.69) is 31.4 Å². The number of ether oxygens (including phenoxy) is 2. The van der Waals surface area contributed by atoms with Crippen molar-refractivity contribution in [1.29, 1.82) is 0 Å².